The average Bonchev–Trinajstić information content (AvgIpc) is 3.13. The number of amides is 1. The zero-order chi connectivity index (χ0) is 19.1. The summed E-state index contributed by atoms with van der Waals surface area (Å²) in [5.41, 5.74) is 1.04. The fourth-order valence-electron chi connectivity index (χ4n) is 3.22. The molecule has 2 aromatic rings. The van der Waals surface area contributed by atoms with Crippen molar-refractivity contribution in [3.8, 4) is 11.5 Å². The summed E-state index contributed by atoms with van der Waals surface area (Å²) in [6.45, 7) is 0.843. The molecule has 2 aromatic carbocycles. The van der Waals surface area contributed by atoms with Crippen LogP contribution in [0.1, 0.15) is 24.8 Å². The Labute approximate surface area is 158 Å². The molecule has 3 rings (SSSR count). The van der Waals surface area contributed by atoms with E-state index in [0.29, 0.717) is 24.7 Å². The molecule has 1 fully saturated rings. The van der Waals surface area contributed by atoms with Crippen LogP contribution in [-0.2, 0) is 16.2 Å². The lowest BCUT2D eigenvalue weighted by molar-refractivity contribution is -0.140. The lowest BCUT2D eigenvalue weighted by atomic mass is 10.1. The van der Waals surface area contributed by atoms with E-state index in [-0.39, 0.29) is 25.0 Å². The number of ether oxygens (including phenoxy) is 2. The highest BCUT2D eigenvalue weighted by atomic mass is 16.5. The van der Waals surface area contributed by atoms with Crippen molar-refractivity contribution in [3.05, 3.63) is 60.2 Å². The molecule has 0 aliphatic carbocycles. The molecule has 1 unspecified atom stereocenters. The summed E-state index contributed by atoms with van der Waals surface area (Å²) < 4.78 is 11.5. The average molecular weight is 369 g/mol. The summed E-state index contributed by atoms with van der Waals surface area (Å²) in [6, 6.07) is 16.8. The molecule has 1 heterocycles. The maximum Gasteiger partial charge on any atom is 0.305 e. The van der Waals surface area contributed by atoms with Gasteiger partial charge in [-0.25, -0.2) is 0 Å². The molecule has 1 saturated heterocycles. The normalized spacial score (nSPS) is 16.1. The number of hydrogen-bond donors (Lipinski definition) is 1. The molecular weight excluding hydrogens is 346 g/mol. The van der Waals surface area contributed by atoms with Crippen LogP contribution in [-0.4, -0.2) is 41.1 Å². The molecule has 0 radical (unpaired) electrons. The molecule has 1 aliphatic rings. The Morgan fingerprint density at radius 2 is 1.67 bits per heavy atom. The number of rotatable bonds is 8. The number of carboxylic acids is 1. The molecule has 1 amide bonds. The lowest BCUT2D eigenvalue weighted by Gasteiger charge is -2.23. The van der Waals surface area contributed by atoms with Crippen LogP contribution in [0.2, 0.25) is 0 Å². The second-order valence-electron chi connectivity index (χ2n) is 6.49. The fraction of sp³-hybridized carbons (Fsp3) is 0.333. The summed E-state index contributed by atoms with van der Waals surface area (Å²) in [6.07, 6.45) is 1.51. The number of hydrogen-bond acceptors (Lipinski definition) is 4. The predicted molar refractivity (Wildman–Crippen MR) is 99.7 cm³/mol. The fourth-order valence-corrected chi connectivity index (χ4v) is 3.22. The van der Waals surface area contributed by atoms with Crippen LogP contribution in [0.25, 0.3) is 0 Å². The zero-order valence-corrected chi connectivity index (χ0v) is 15.0. The van der Waals surface area contributed by atoms with Crippen molar-refractivity contribution in [2.75, 3.05) is 13.2 Å². The third kappa shape index (κ3) is 5.23. The van der Waals surface area contributed by atoms with Crippen molar-refractivity contribution in [3.63, 3.8) is 0 Å². The van der Waals surface area contributed by atoms with Crippen LogP contribution in [0.15, 0.2) is 54.6 Å². The Bertz CT molecular complexity index is 777. The van der Waals surface area contributed by atoms with E-state index in [0.717, 1.165) is 18.4 Å². The van der Waals surface area contributed by atoms with E-state index < -0.39 is 5.97 Å². The Morgan fingerprint density at radius 1 is 1.00 bits per heavy atom. The Kier molecular flexibility index (Phi) is 6.30. The van der Waals surface area contributed by atoms with Gasteiger partial charge in [0.15, 0.2) is 18.1 Å². The first-order chi connectivity index (χ1) is 13.1. The molecule has 6 heteroatoms. The molecule has 142 valence electrons. The maximum atomic E-state index is 12.5. The van der Waals surface area contributed by atoms with Crippen LogP contribution in [0, 0.1) is 0 Å². The number of para-hydroxylation sites is 2. The van der Waals surface area contributed by atoms with Gasteiger partial charge in [-0.2, -0.15) is 0 Å². The van der Waals surface area contributed by atoms with E-state index in [1.165, 1.54) is 0 Å². The number of nitrogens with zero attached hydrogens (tertiary/aromatic N) is 1. The summed E-state index contributed by atoms with van der Waals surface area (Å²) >= 11 is 0. The van der Waals surface area contributed by atoms with Crippen molar-refractivity contribution in [2.45, 2.75) is 31.9 Å². The molecule has 1 N–H and O–H groups in total. The number of benzene rings is 2. The molecule has 0 spiro atoms. The molecule has 1 atom stereocenters. The van der Waals surface area contributed by atoms with E-state index in [4.69, 9.17) is 14.6 Å². The van der Waals surface area contributed by atoms with Crippen LogP contribution < -0.4 is 9.47 Å². The minimum absolute atomic E-state index is 0.0253. The van der Waals surface area contributed by atoms with Crippen LogP contribution >= 0.6 is 0 Å². The van der Waals surface area contributed by atoms with Crippen molar-refractivity contribution < 1.29 is 24.2 Å². The highest BCUT2D eigenvalue weighted by Crippen LogP contribution is 2.28. The largest absolute Gasteiger partial charge is 0.485 e. The van der Waals surface area contributed by atoms with Gasteiger partial charge in [0.1, 0.15) is 6.61 Å². The SMILES string of the molecule is O=C(O)CC1CCCN1C(=O)COc1ccccc1OCc1ccccc1. The van der Waals surface area contributed by atoms with E-state index in [1.54, 1.807) is 17.0 Å². The minimum atomic E-state index is -0.889. The third-order valence-electron chi connectivity index (χ3n) is 4.55. The minimum Gasteiger partial charge on any atom is -0.485 e. The van der Waals surface area contributed by atoms with Crippen LogP contribution in [0.4, 0.5) is 0 Å². The smallest absolute Gasteiger partial charge is 0.305 e. The molecule has 6 nitrogen and oxygen atoms in total. The zero-order valence-electron chi connectivity index (χ0n) is 15.0. The van der Waals surface area contributed by atoms with Crippen molar-refractivity contribution in [2.24, 2.45) is 0 Å². The van der Waals surface area contributed by atoms with Gasteiger partial charge in [-0.15, -0.1) is 0 Å². The molecule has 27 heavy (non-hydrogen) atoms. The molecule has 0 saturated carbocycles. The number of likely N-dealkylation sites (tertiary alicyclic amines) is 1. The molecular formula is C21H23NO5. The standard InChI is InChI=1S/C21H23NO5/c23-20(22-12-6-9-17(22)13-21(24)25)15-27-19-11-5-4-10-18(19)26-14-16-7-2-1-3-8-16/h1-5,7-8,10-11,17H,6,9,12-15H2,(H,24,25). The van der Waals surface area contributed by atoms with E-state index in [2.05, 4.69) is 0 Å². The summed E-state index contributed by atoms with van der Waals surface area (Å²) in [4.78, 5) is 25.0. The van der Waals surface area contributed by atoms with Gasteiger partial charge in [-0.3, -0.25) is 9.59 Å². The Hall–Kier alpha value is -3.02. The molecule has 1 aliphatic heterocycles. The quantitative estimate of drug-likeness (QED) is 0.774. The Morgan fingerprint density at radius 3 is 2.37 bits per heavy atom. The maximum absolute atomic E-state index is 12.5. The second kappa shape index (κ2) is 9.07. The van der Waals surface area contributed by atoms with Crippen molar-refractivity contribution >= 4 is 11.9 Å². The van der Waals surface area contributed by atoms with E-state index in [9.17, 15) is 9.59 Å². The predicted octanol–water partition coefficient (Wildman–Crippen LogP) is 3.11. The van der Waals surface area contributed by atoms with E-state index >= 15 is 0 Å². The molecule has 0 aromatic heterocycles. The topological polar surface area (TPSA) is 76.1 Å². The van der Waals surface area contributed by atoms with Crippen molar-refractivity contribution in [1.82, 2.24) is 4.90 Å². The molecule has 0 bridgehead atoms. The highest BCUT2D eigenvalue weighted by molar-refractivity contribution is 5.79. The van der Waals surface area contributed by atoms with Gasteiger partial charge < -0.3 is 19.5 Å². The number of aliphatic carboxylic acids is 1. The van der Waals surface area contributed by atoms with Crippen LogP contribution in [0.5, 0.6) is 11.5 Å². The van der Waals surface area contributed by atoms with Gasteiger partial charge >= 0.3 is 5.97 Å². The highest BCUT2D eigenvalue weighted by Gasteiger charge is 2.30. The van der Waals surface area contributed by atoms with E-state index in [1.807, 2.05) is 42.5 Å². The first-order valence-corrected chi connectivity index (χ1v) is 9.03. The van der Waals surface area contributed by atoms with Crippen molar-refractivity contribution in [1.29, 1.82) is 0 Å². The van der Waals surface area contributed by atoms with Gasteiger partial charge in [0.2, 0.25) is 0 Å². The van der Waals surface area contributed by atoms with Gasteiger partial charge in [0.25, 0.3) is 5.91 Å². The summed E-state index contributed by atoms with van der Waals surface area (Å²) in [5, 5.41) is 8.99. The first kappa shape index (κ1) is 18.8. The summed E-state index contributed by atoms with van der Waals surface area (Å²) in [7, 11) is 0. The monoisotopic (exact) mass is 369 g/mol. The van der Waals surface area contributed by atoms with Gasteiger partial charge in [-0.05, 0) is 30.5 Å². The van der Waals surface area contributed by atoms with Gasteiger partial charge in [0.05, 0.1) is 6.42 Å². The first-order valence-electron chi connectivity index (χ1n) is 9.03. The van der Waals surface area contributed by atoms with Gasteiger partial charge in [-0.1, -0.05) is 42.5 Å². The third-order valence-corrected chi connectivity index (χ3v) is 4.55. The van der Waals surface area contributed by atoms with Crippen LogP contribution in [0.3, 0.4) is 0 Å². The Balaban J connectivity index is 1.57. The number of carbonyl (C=O) groups is 2. The second-order valence-corrected chi connectivity index (χ2v) is 6.49. The van der Waals surface area contributed by atoms with Gasteiger partial charge in [0, 0.05) is 12.6 Å². The number of carbonyl (C=O) groups excluding carboxylic acids is 1. The number of carboxylic acid groups (broad SMARTS) is 1. The summed E-state index contributed by atoms with van der Waals surface area (Å²) in [5.74, 6) is -0.0229. The lowest BCUT2D eigenvalue weighted by Crippen LogP contribution is -2.39.